The molecule has 3 N–H and O–H groups in total. The lowest BCUT2D eigenvalue weighted by molar-refractivity contribution is -0.384. The van der Waals surface area contributed by atoms with Crippen LogP contribution in [0.25, 0.3) is 0 Å². The highest BCUT2D eigenvalue weighted by Gasteiger charge is 2.24. The fourth-order valence-electron chi connectivity index (χ4n) is 2.74. The molecule has 0 bridgehead atoms. The van der Waals surface area contributed by atoms with Crippen LogP contribution in [0.2, 0.25) is 0 Å². The van der Waals surface area contributed by atoms with Gasteiger partial charge in [0.2, 0.25) is 0 Å². The molecule has 1 aromatic carbocycles. The Labute approximate surface area is 112 Å². The number of aliphatic hydroxyl groups excluding tert-OH is 1. The summed E-state index contributed by atoms with van der Waals surface area (Å²) < 4.78 is 0. The number of nitro benzene ring substituents is 1. The van der Waals surface area contributed by atoms with Crippen LogP contribution in [0.15, 0.2) is 18.2 Å². The third-order valence-electron chi connectivity index (χ3n) is 3.57. The molecule has 19 heavy (non-hydrogen) atoms. The second-order valence-corrected chi connectivity index (χ2v) is 4.90. The maximum absolute atomic E-state index is 10.9. The molecule has 1 aliphatic carbocycles. The average molecular weight is 265 g/mol. The molecule has 0 aromatic heterocycles. The van der Waals surface area contributed by atoms with E-state index in [4.69, 9.17) is 5.73 Å². The van der Waals surface area contributed by atoms with Gasteiger partial charge in [-0.05, 0) is 18.9 Å². The van der Waals surface area contributed by atoms with Crippen LogP contribution >= 0.6 is 0 Å². The molecule has 1 aromatic rings. The van der Waals surface area contributed by atoms with Gasteiger partial charge >= 0.3 is 0 Å². The highest BCUT2D eigenvalue weighted by atomic mass is 16.6. The molecule has 0 saturated heterocycles. The van der Waals surface area contributed by atoms with Crippen LogP contribution < -0.4 is 10.6 Å². The van der Waals surface area contributed by atoms with Crippen LogP contribution in [0.4, 0.5) is 17.1 Å². The van der Waals surface area contributed by atoms with E-state index in [1.165, 1.54) is 12.1 Å². The summed E-state index contributed by atoms with van der Waals surface area (Å²) in [7, 11) is 0. The van der Waals surface area contributed by atoms with E-state index in [0.29, 0.717) is 18.3 Å². The first kappa shape index (κ1) is 13.6. The first-order valence-corrected chi connectivity index (χ1v) is 6.54. The average Bonchev–Trinajstić information content (AvgIpc) is 2.88. The number of aliphatic hydroxyl groups is 1. The van der Waals surface area contributed by atoms with Crippen molar-refractivity contribution in [2.75, 3.05) is 23.8 Å². The van der Waals surface area contributed by atoms with Crippen molar-refractivity contribution in [1.82, 2.24) is 0 Å². The molecular formula is C13H19N3O3. The van der Waals surface area contributed by atoms with E-state index in [2.05, 4.69) is 0 Å². The minimum absolute atomic E-state index is 0.00376. The van der Waals surface area contributed by atoms with Crippen molar-refractivity contribution in [2.45, 2.75) is 31.7 Å². The van der Waals surface area contributed by atoms with Gasteiger partial charge in [-0.25, -0.2) is 0 Å². The summed E-state index contributed by atoms with van der Waals surface area (Å²) >= 11 is 0. The summed E-state index contributed by atoms with van der Waals surface area (Å²) in [5.41, 5.74) is 6.84. The smallest absolute Gasteiger partial charge is 0.273 e. The van der Waals surface area contributed by atoms with Gasteiger partial charge in [0.1, 0.15) is 0 Å². The molecule has 0 unspecified atom stereocenters. The zero-order valence-electron chi connectivity index (χ0n) is 10.8. The van der Waals surface area contributed by atoms with Gasteiger partial charge in [0, 0.05) is 36.1 Å². The van der Waals surface area contributed by atoms with Crippen LogP contribution in [-0.4, -0.2) is 29.2 Å². The molecule has 0 atom stereocenters. The van der Waals surface area contributed by atoms with Crippen LogP contribution in [-0.2, 0) is 0 Å². The molecule has 0 amide bonds. The van der Waals surface area contributed by atoms with Gasteiger partial charge in [-0.15, -0.1) is 0 Å². The second kappa shape index (κ2) is 5.88. The number of rotatable bonds is 5. The van der Waals surface area contributed by atoms with Gasteiger partial charge in [-0.1, -0.05) is 12.8 Å². The van der Waals surface area contributed by atoms with Crippen LogP contribution in [0.1, 0.15) is 25.7 Å². The quantitative estimate of drug-likeness (QED) is 0.482. The van der Waals surface area contributed by atoms with Crippen molar-refractivity contribution in [1.29, 1.82) is 0 Å². The number of hydrogen-bond donors (Lipinski definition) is 2. The van der Waals surface area contributed by atoms with Crippen LogP contribution in [0.5, 0.6) is 0 Å². The molecule has 6 heteroatoms. The van der Waals surface area contributed by atoms with Crippen LogP contribution in [0, 0.1) is 10.1 Å². The number of nitro groups is 1. The molecule has 6 nitrogen and oxygen atoms in total. The summed E-state index contributed by atoms with van der Waals surface area (Å²) in [6.45, 7) is 0.504. The number of nitrogens with zero attached hydrogens (tertiary/aromatic N) is 2. The van der Waals surface area contributed by atoms with E-state index in [-0.39, 0.29) is 12.3 Å². The van der Waals surface area contributed by atoms with Crippen molar-refractivity contribution in [3.05, 3.63) is 28.3 Å². The van der Waals surface area contributed by atoms with E-state index in [1.807, 2.05) is 4.90 Å². The molecule has 0 aliphatic heterocycles. The summed E-state index contributed by atoms with van der Waals surface area (Å²) in [6.07, 6.45) is 4.44. The van der Waals surface area contributed by atoms with E-state index in [1.54, 1.807) is 6.07 Å². The third-order valence-corrected chi connectivity index (χ3v) is 3.57. The Morgan fingerprint density at radius 2 is 2.05 bits per heavy atom. The lowest BCUT2D eigenvalue weighted by atomic mass is 10.1. The SMILES string of the molecule is Nc1cc(N(CCO)C2CCCC2)cc([N+](=O)[O-])c1. The minimum atomic E-state index is -0.439. The maximum Gasteiger partial charge on any atom is 0.273 e. The lowest BCUT2D eigenvalue weighted by Gasteiger charge is -2.30. The molecule has 1 aliphatic rings. The Hall–Kier alpha value is -1.82. The largest absolute Gasteiger partial charge is 0.398 e. The normalized spacial score (nSPS) is 15.6. The van der Waals surface area contributed by atoms with Crippen molar-refractivity contribution >= 4 is 17.1 Å². The van der Waals surface area contributed by atoms with E-state index >= 15 is 0 Å². The maximum atomic E-state index is 10.9. The Morgan fingerprint density at radius 3 is 2.63 bits per heavy atom. The number of nitrogens with two attached hydrogens (primary N) is 1. The summed E-state index contributed by atoms with van der Waals surface area (Å²) in [6, 6.07) is 4.97. The minimum Gasteiger partial charge on any atom is -0.398 e. The Balaban J connectivity index is 2.32. The first-order valence-electron chi connectivity index (χ1n) is 6.54. The molecule has 0 heterocycles. The summed E-state index contributed by atoms with van der Waals surface area (Å²) in [4.78, 5) is 12.5. The van der Waals surface area contributed by atoms with Gasteiger partial charge in [-0.3, -0.25) is 10.1 Å². The summed E-state index contributed by atoms with van der Waals surface area (Å²) in [5, 5.41) is 20.1. The van der Waals surface area contributed by atoms with E-state index in [9.17, 15) is 15.2 Å². The van der Waals surface area contributed by atoms with E-state index in [0.717, 1.165) is 31.4 Å². The van der Waals surface area contributed by atoms with Gasteiger partial charge in [-0.2, -0.15) is 0 Å². The fourth-order valence-corrected chi connectivity index (χ4v) is 2.74. The monoisotopic (exact) mass is 265 g/mol. The van der Waals surface area contributed by atoms with Crippen LogP contribution in [0.3, 0.4) is 0 Å². The molecule has 1 saturated carbocycles. The number of non-ortho nitro benzene ring substituents is 1. The van der Waals surface area contributed by atoms with E-state index < -0.39 is 4.92 Å². The van der Waals surface area contributed by atoms with Gasteiger partial charge in [0.25, 0.3) is 5.69 Å². The number of hydrogen-bond acceptors (Lipinski definition) is 5. The fraction of sp³-hybridized carbons (Fsp3) is 0.538. The Kier molecular flexibility index (Phi) is 4.21. The van der Waals surface area contributed by atoms with Crippen molar-refractivity contribution in [3.63, 3.8) is 0 Å². The van der Waals surface area contributed by atoms with Crippen molar-refractivity contribution < 1.29 is 10.0 Å². The van der Waals surface area contributed by atoms with Gasteiger partial charge < -0.3 is 15.7 Å². The zero-order chi connectivity index (χ0) is 13.8. The second-order valence-electron chi connectivity index (χ2n) is 4.90. The van der Waals surface area contributed by atoms with Gasteiger partial charge in [0.05, 0.1) is 11.5 Å². The predicted octanol–water partition coefficient (Wildman–Crippen LogP) is 1.92. The van der Waals surface area contributed by atoms with Gasteiger partial charge in [0.15, 0.2) is 0 Å². The predicted molar refractivity (Wildman–Crippen MR) is 74.2 cm³/mol. The highest BCUT2D eigenvalue weighted by Crippen LogP contribution is 2.31. The first-order chi connectivity index (χ1) is 9.11. The lowest BCUT2D eigenvalue weighted by Crippen LogP contribution is -2.35. The van der Waals surface area contributed by atoms with Crippen molar-refractivity contribution in [3.8, 4) is 0 Å². The Morgan fingerprint density at radius 1 is 1.37 bits per heavy atom. The van der Waals surface area contributed by atoms with Crippen molar-refractivity contribution in [2.24, 2.45) is 0 Å². The number of benzene rings is 1. The number of nitrogen functional groups attached to an aromatic ring is 1. The highest BCUT2D eigenvalue weighted by molar-refractivity contribution is 5.63. The topological polar surface area (TPSA) is 92.6 Å². The zero-order valence-corrected chi connectivity index (χ0v) is 10.8. The summed E-state index contributed by atoms with van der Waals surface area (Å²) in [5.74, 6) is 0. The standard InChI is InChI=1S/C13H19N3O3/c14-10-7-12(9-13(8-10)16(18)19)15(5-6-17)11-3-1-2-4-11/h7-9,11,17H,1-6,14H2. The molecule has 0 spiro atoms. The Bertz CT molecular complexity index is 458. The third kappa shape index (κ3) is 3.14. The molecule has 1 fully saturated rings. The molecule has 0 radical (unpaired) electrons. The molecular weight excluding hydrogens is 246 g/mol. The number of anilines is 2. The molecule has 104 valence electrons. The molecule has 2 rings (SSSR count).